The Hall–Kier alpha value is -3.83. The van der Waals surface area contributed by atoms with Crippen LogP contribution in [0.15, 0.2) is 43.0 Å². The van der Waals surface area contributed by atoms with Gasteiger partial charge in [0.2, 0.25) is 5.91 Å². The summed E-state index contributed by atoms with van der Waals surface area (Å²) < 4.78 is 9.88. The number of nitrogens with one attached hydrogen (secondary N) is 2. The highest BCUT2D eigenvalue weighted by Crippen LogP contribution is 2.29. The molecule has 1 aliphatic rings. The molecule has 0 aromatic carbocycles. The van der Waals surface area contributed by atoms with E-state index in [9.17, 15) is 9.59 Å². The number of carbonyl (C=O) groups excluding carboxylic acids is 2. The van der Waals surface area contributed by atoms with Gasteiger partial charge >= 0.3 is 0 Å². The van der Waals surface area contributed by atoms with Crippen LogP contribution in [-0.4, -0.2) is 50.8 Å². The van der Waals surface area contributed by atoms with Crippen molar-refractivity contribution in [1.82, 2.24) is 24.3 Å². The van der Waals surface area contributed by atoms with E-state index in [1.54, 1.807) is 23.1 Å². The Labute approximate surface area is 247 Å². The highest BCUT2D eigenvalue weighted by molar-refractivity contribution is 6.76. The molecule has 0 unspecified atom stereocenters. The van der Waals surface area contributed by atoms with Gasteiger partial charge in [-0.05, 0) is 49.9 Å². The van der Waals surface area contributed by atoms with E-state index < -0.39 is 8.07 Å². The fourth-order valence-corrected chi connectivity index (χ4v) is 6.10. The minimum Gasteiger partial charge on any atom is -0.361 e. The zero-order valence-corrected chi connectivity index (χ0v) is 26.2. The zero-order chi connectivity index (χ0) is 29.9. The molecule has 0 atom stereocenters. The van der Waals surface area contributed by atoms with E-state index in [0.29, 0.717) is 48.3 Å². The summed E-state index contributed by atoms with van der Waals surface area (Å²) in [5, 5.41) is 11.1. The summed E-state index contributed by atoms with van der Waals surface area (Å²) in [5.74, 6) is 0.138. The van der Waals surface area contributed by atoms with Crippen molar-refractivity contribution in [3.05, 3.63) is 54.2 Å². The smallest absolute Gasteiger partial charge is 0.257 e. The molecule has 11 heteroatoms. The van der Waals surface area contributed by atoms with Crippen LogP contribution in [0, 0.1) is 12.8 Å². The molecule has 1 aliphatic carbocycles. The molecule has 2 N–H and O–H groups in total. The van der Waals surface area contributed by atoms with Crippen molar-refractivity contribution in [3.63, 3.8) is 0 Å². The van der Waals surface area contributed by atoms with E-state index in [0.717, 1.165) is 41.2 Å². The van der Waals surface area contributed by atoms with Crippen LogP contribution < -0.4 is 10.6 Å². The Morgan fingerprint density at radius 1 is 1.05 bits per heavy atom. The number of hydrogen-bond donors (Lipinski definition) is 2. The van der Waals surface area contributed by atoms with E-state index >= 15 is 0 Å². The lowest BCUT2D eigenvalue weighted by atomic mass is 10.0. The van der Waals surface area contributed by atoms with Gasteiger partial charge in [-0.3, -0.25) is 19.3 Å². The van der Waals surface area contributed by atoms with Gasteiger partial charge in [0.25, 0.3) is 5.91 Å². The normalized spacial score (nSPS) is 14.0. The van der Waals surface area contributed by atoms with Gasteiger partial charge in [0.15, 0.2) is 0 Å². The summed E-state index contributed by atoms with van der Waals surface area (Å²) in [6.07, 6.45) is 12.1. The van der Waals surface area contributed by atoms with Crippen LogP contribution in [0.1, 0.15) is 48.2 Å². The number of hydrogen-bond acceptors (Lipinski definition) is 6. The first-order chi connectivity index (χ1) is 20.1. The Balaban J connectivity index is 1.33. The van der Waals surface area contributed by atoms with E-state index in [2.05, 4.69) is 45.3 Å². The van der Waals surface area contributed by atoms with Gasteiger partial charge in [-0.2, -0.15) is 5.10 Å². The molecule has 2 amide bonds. The van der Waals surface area contributed by atoms with Crippen LogP contribution in [-0.2, 0) is 23.3 Å². The van der Waals surface area contributed by atoms with Crippen molar-refractivity contribution in [2.24, 2.45) is 13.0 Å². The zero-order valence-electron chi connectivity index (χ0n) is 25.2. The molecule has 42 heavy (non-hydrogen) atoms. The number of aromatic nitrogens is 5. The molecule has 1 fully saturated rings. The van der Waals surface area contributed by atoms with E-state index in [4.69, 9.17) is 4.74 Å². The number of fused-ring (bicyclic) bond motifs is 1. The fraction of sp³-hybridized carbons (Fsp3) is 0.452. The highest BCUT2D eigenvalue weighted by atomic mass is 28.3. The minimum atomic E-state index is -1.22. The molecule has 0 spiro atoms. The summed E-state index contributed by atoms with van der Waals surface area (Å²) in [6, 6.07) is 6.69. The van der Waals surface area contributed by atoms with Crippen molar-refractivity contribution in [2.75, 3.05) is 17.2 Å². The highest BCUT2D eigenvalue weighted by Gasteiger charge is 2.20. The van der Waals surface area contributed by atoms with Gasteiger partial charge in [-0.1, -0.05) is 32.5 Å². The second-order valence-corrected chi connectivity index (χ2v) is 18.2. The van der Waals surface area contributed by atoms with Crippen molar-refractivity contribution in [3.8, 4) is 11.3 Å². The third kappa shape index (κ3) is 7.32. The molecule has 5 rings (SSSR count). The van der Waals surface area contributed by atoms with Gasteiger partial charge in [0, 0.05) is 51.5 Å². The third-order valence-electron chi connectivity index (χ3n) is 7.78. The maximum Gasteiger partial charge on any atom is 0.257 e. The number of aryl methyl sites for hydroxylation is 2. The van der Waals surface area contributed by atoms with Crippen molar-refractivity contribution in [2.45, 2.75) is 71.4 Å². The molecule has 10 nitrogen and oxygen atoms in total. The molecule has 222 valence electrons. The minimum absolute atomic E-state index is 0.0159. The fourth-order valence-electron chi connectivity index (χ4n) is 5.34. The van der Waals surface area contributed by atoms with E-state index in [1.165, 1.54) is 12.8 Å². The molecule has 0 radical (unpaired) electrons. The van der Waals surface area contributed by atoms with Gasteiger partial charge in [-0.15, -0.1) is 0 Å². The number of amides is 2. The Bertz CT molecular complexity index is 1580. The van der Waals surface area contributed by atoms with Crippen LogP contribution in [0.4, 0.5) is 11.4 Å². The molecule has 4 aromatic heterocycles. The first-order valence-corrected chi connectivity index (χ1v) is 18.4. The average molecular weight is 588 g/mol. The van der Waals surface area contributed by atoms with Crippen molar-refractivity contribution >= 4 is 42.3 Å². The molecule has 0 aliphatic heterocycles. The van der Waals surface area contributed by atoms with Gasteiger partial charge in [0.05, 0.1) is 40.7 Å². The van der Waals surface area contributed by atoms with Crippen molar-refractivity contribution < 1.29 is 14.3 Å². The van der Waals surface area contributed by atoms with Gasteiger partial charge in [0.1, 0.15) is 12.4 Å². The lowest BCUT2D eigenvalue weighted by Gasteiger charge is -2.16. The van der Waals surface area contributed by atoms with Gasteiger partial charge < -0.3 is 19.9 Å². The van der Waals surface area contributed by atoms with Crippen molar-refractivity contribution in [1.29, 1.82) is 0 Å². The summed E-state index contributed by atoms with van der Waals surface area (Å²) in [5.41, 5.74) is 4.81. The van der Waals surface area contributed by atoms with Crippen LogP contribution in [0.25, 0.3) is 22.3 Å². The number of pyridine rings is 2. The number of anilines is 2. The summed E-state index contributed by atoms with van der Waals surface area (Å²) in [4.78, 5) is 35.0. The maximum absolute atomic E-state index is 13.3. The van der Waals surface area contributed by atoms with Crippen LogP contribution in [0.2, 0.25) is 25.7 Å². The first kappa shape index (κ1) is 29.7. The Morgan fingerprint density at radius 3 is 2.55 bits per heavy atom. The largest absolute Gasteiger partial charge is 0.361 e. The molecule has 0 bridgehead atoms. The third-order valence-corrected chi connectivity index (χ3v) is 9.49. The predicted octanol–water partition coefficient (Wildman–Crippen LogP) is 6.22. The second kappa shape index (κ2) is 12.6. The lowest BCUT2D eigenvalue weighted by Crippen LogP contribution is -2.22. The molecular weight excluding hydrogens is 546 g/mol. The number of ether oxygens (including phenoxy) is 1. The molecule has 1 saturated carbocycles. The number of rotatable bonds is 11. The Morgan fingerprint density at radius 2 is 1.83 bits per heavy atom. The first-order valence-electron chi connectivity index (χ1n) is 14.7. The van der Waals surface area contributed by atoms with Crippen LogP contribution in [0.3, 0.4) is 0 Å². The second-order valence-electron chi connectivity index (χ2n) is 12.6. The van der Waals surface area contributed by atoms with Crippen LogP contribution in [0.5, 0.6) is 0 Å². The standard InChI is InChI=1S/C31H41N7O3Si/c1-21-27(15-26(18-32-21)35-29(39)12-22-8-6-7-9-22)36-31(40)24-13-23-14-28(25-17-34-37(2)19-25)38(30(23)33-16-24)20-41-10-11-42(3,4)5/h13-19,22H,6-12,20H2,1-5H3,(H,35,39)(H,36,40). The summed E-state index contributed by atoms with van der Waals surface area (Å²) >= 11 is 0. The number of carbonyl (C=O) groups is 2. The SMILES string of the molecule is Cc1ncc(NC(=O)CC2CCCC2)cc1NC(=O)c1cnc2c(c1)cc(-c1cnn(C)c1)n2COCC[Si](C)(C)C. The van der Waals surface area contributed by atoms with E-state index in [-0.39, 0.29) is 11.8 Å². The molecule has 4 aromatic rings. The van der Waals surface area contributed by atoms with E-state index in [1.807, 2.05) is 43.1 Å². The lowest BCUT2D eigenvalue weighted by molar-refractivity contribution is -0.117. The average Bonchev–Trinajstić information content (AvgIpc) is 3.68. The predicted molar refractivity (Wildman–Crippen MR) is 168 cm³/mol. The quantitative estimate of drug-likeness (QED) is 0.159. The summed E-state index contributed by atoms with van der Waals surface area (Å²) in [7, 11) is 0.667. The van der Waals surface area contributed by atoms with Gasteiger partial charge in [-0.25, -0.2) is 4.98 Å². The molecule has 0 saturated heterocycles. The number of nitrogens with zero attached hydrogens (tertiary/aromatic N) is 5. The monoisotopic (exact) mass is 587 g/mol. The topological polar surface area (TPSA) is 116 Å². The summed E-state index contributed by atoms with van der Waals surface area (Å²) in [6.45, 7) is 9.87. The van der Waals surface area contributed by atoms with Crippen LogP contribution >= 0.6 is 0 Å². The Kier molecular flexibility index (Phi) is 8.88. The molecular formula is C31H41N7O3Si. The maximum atomic E-state index is 13.3. The molecule has 4 heterocycles.